The van der Waals surface area contributed by atoms with Crippen LogP contribution in [-0.4, -0.2) is 23.1 Å². The summed E-state index contributed by atoms with van der Waals surface area (Å²) in [5, 5.41) is 0. The molecule has 0 radical (unpaired) electrons. The number of nitrogens with one attached hydrogen (secondary N) is 1. The predicted octanol–water partition coefficient (Wildman–Crippen LogP) is 2.39. The molecule has 0 amide bonds. The van der Waals surface area contributed by atoms with E-state index in [2.05, 4.69) is 44.4 Å². The van der Waals surface area contributed by atoms with Gasteiger partial charge in [-0.25, -0.2) is 4.98 Å². The molecule has 1 heterocycles. The first kappa shape index (κ1) is 12.9. The molecule has 0 unspecified atom stereocenters. The number of halogens is 1. The van der Waals surface area contributed by atoms with Gasteiger partial charge in [0.05, 0.1) is 6.33 Å². The zero-order valence-corrected chi connectivity index (χ0v) is 12.4. The number of anilines is 1. The van der Waals surface area contributed by atoms with Crippen LogP contribution >= 0.6 is 22.6 Å². The summed E-state index contributed by atoms with van der Waals surface area (Å²) in [6, 6.07) is 0.522. The van der Waals surface area contributed by atoms with Gasteiger partial charge in [-0.05, 0) is 54.2 Å². The molecular formula is C12H18IN3O. The molecule has 0 bridgehead atoms. The minimum Gasteiger partial charge on any atom is -0.356 e. The zero-order valence-electron chi connectivity index (χ0n) is 10.2. The molecule has 1 aliphatic rings. The van der Waals surface area contributed by atoms with E-state index >= 15 is 0 Å². The Morgan fingerprint density at radius 3 is 2.71 bits per heavy atom. The number of aromatic amines is 1. The number of aromatic nitrogens is 2. The van der Waals surface area contributed by atoms with E-state index in [0.717, 1.165) is 11.7 Å². The van der Waals surface area contributed by atoms with Gasteiger partial charge in [-0.1, -0.05) is 6.92 Å². The van der Waals surface area contributed by atoms with Crippen LogP contribution in [0.4, 0.5) is 5.82 Å². The van der Waals surface area contributed by atoms with Gasteiger partial charge in [-0.3, -0.25) is 4.79 Å². The van der Waals surface area contributed by atoms with Crippen LogP contribution in [0.3, 0.4) is 0 Å². The molecule has 0 atom stereocenters. The fourth-order valence-corrected chi connectivity index (χ4v) is 3.10. The third-order valence-electron chi connectivity index (χ3n) is 3.65. The maximum atomic E-state index is 11.5. The van der Waals surface area contributed by atoms with E-state index in [-0.39, 0.29) is 5.56 Å². The number of hydrogen-bond acceptors (Lipinski definition) is 3. The summed E-state index contributed by atoms with van der Waals surface area (Å²) >= 11 is 2.07. The Hall–Kier alpha value is -0.590. The van der Waals surface area contributed by atoms with E-state index in [9.17, 15) is 4.79 Å². The molecule has 0 spiro atoms. The summed E-state index contributed by atoms with van der Waals surface area (Å²) in [5.74, 6) is 1.65. The van der Waals surface area contributed by atoms with Crippen LogP contribution in [0.25, 0.3) is 0 Å². The van der Waals surface area contributed by atoms with Crippen molar-refractivity contribution in [2.75, 3.05) is 11.9 Å². The Bertz CT molecular complexity index is 438. The molecule has 2 rings (SSSR count). The predicted molar refractivity (Wildman–Crippen MR) is 77.4 cm³/mol. The standard InChI is InChI=1S/C12H18IN3O/c1-8-3-5-9(6-4-8)16(2)11-10(13)12(17)15-7-14-11/h7-9H,3-6H2,1-2H3,(H,14,15,17). The Balaban J connectivity index is 2.17. The highest BCUT2D eigenvalue weighted by Gasteiger charge is 2.24. The van der Waals surface area contributed by atoms with Gasteiger partial charge in [-0.15, -0.1) is 0 Å². The highest BCUT2D eigenvalue weighted by atomic mass is 127. The molecule has 1 N–H and O–H groups in total. The molecule has 5 heteroatoms. The van der Waals surface area contributed by atoms with Crippen molar-refractivity contribution >= 4 is 28.4 Å². The van der Waals surface area contributed by atoms with E-state index in [1.54, 1.807) is 0 Å². The van der Waals surface area contributed by atoms with Gasteiger partial charge in [0.1, 0.15) is 9.39 Å². The first-order valence-electron chi connectivity index (χ1n) is 6.05. The molecule has 1 aromatic heterocycles. The van der Waals surface area contributed by atoms with Crippen LogP contribution in [0.2, 0.25) is 0 Å². The number of H-pyrrole nitrogens is 1. The molecule has 1 fully saturated rings. The molecule has 1 saturated carbocycles. The largest absolute Gasteiger partial charge is 0.356 e. The van der Waals surface area contributed by atoms with Crippen LogP contribution in [0, 0.1) is 9.49 Å². The van der Waals surface area contributed by atoms with E-state index in [1.807, 2.05) is 7.05 Å². The quantitative estimate of drug-likeness (QED) is 0.836. The summed E-state index contributed by atoms with van der Waals surface area (Å²) in [5.41, 5.74) is -0.0494. The summed E-state index contributed by atoms with van der Waals surface area (Å²) in [6.07, 6.45) is 6.43. The first-order valence-corrected chi connectivity index (χ1v) is 7.13. The van der Waals surface area contributed by atoms with Crippen molar-refractivity contribution in [3.63, 3.8) is 0 Å². The normalized spacial score (nSPS) is 24.6. The molecule has 0 aliphatic heterocycles. The van der Waals surface area contributed by atoms with Gasteiger partial charge >= 0.3 is 0 Å². The van der Waals surface area contributed by atoms with E-state index < -0.39 is 0 Å². The molecule has 0 saturated heterocycles. The van der Waals surface area contributed by atoms with E-state index in [1.165, 1.54) is 32.0 Å². The fourth-order valence-electron chi connectivity index (χ4n) is 2.42. The highest BCUT2D eigenvalue weighted by molar-refractivity contribution is 14.1. The van der Waals surface area contributed by atoms with Crippen LogP contribution in [0.5, 0.6) is 0 Å². The Morgan fingerprint density at radius 2 is 2.06 bits per heavy atom. The van der Waals surface area contributed by atoms with Gasteiger partial charge in [0.15, 0.2) is 0 Å². The summed E-state index contributed by atoms with van der Waals surface area (Å²) in [7, 11) is 2.05. The number of rotatable bonds is 2. The minimum atomic E-state index is -0.0494. The zero-order chi connectivity index (χ0) is 12.4. The maximum absolute atomic E-state index is 11.5. The third-order valence-corrected chi connectivity index (χ3v) is 4.62. The smallest absolute Gasteiger partial charge is 0.266 e. The van der Waals surface area contributed by atoms with Gasteiger partial charge in [0.2, 0.25) is 0 Å². The lowest BCUT2D eigenvalue weighted by Crippen LogP contribution is -2.36. The Labute approximate surface area is 115 Å². The highest BCUT2D eigenvalue weighted by Crippen LogP contribution is 2.29. The summed E-state index contributed by atoms with van der Waals surface area (Å²) in [6.45, 7) is 2.31. The second-order valence-corrected chi connectivity index (χ2v) is 5.97. The second kappa shape index (κ2) is 5.37. The monoisotopic (exact) mass is 347 g/mol. The summed E-state index contributed by atoms with van der Waals surface area (Å²) in [4.78, 5) is 20.6. The van der Waals surface area contributed by atoms with Crippen LogP contribution < -0.4 is 10.5 Å². The average molecular weight is 347 g/mol. The lowest BCUT2D eigenvalue weighted by Gasteiger charge is -2.34. The molecular weight excluding hydrogens is 329 g/mol. The molecule has 94 valence electrons. The Morgan fingerprint density at radius 1 is 1.41 bits per heavy atom. The van der Waals surface area contributed by atoms with Crippen molar-refractivity contribution in [2.45, 2.75) is 38.6 Å². The number of hydrogen-bond donors (Lipinski definition) is 1. The average Bonchev–Trinajstić information content (AvgIpc) is 2.33. The van der Waals surface area contributed by atoms with Crippen molar-refractivity contribution in [3.05, 3.63) is 20.3 Å². The van der Waals surface area contributed by atoms with E-state index in [4.69, 9.17) is 0 Å². The van der Waals surface area contributed by atoms with Crippen molar-refractivity contribution in [2.24, 2.45) is 5.92 Å². The van der Waals surface area contributed by atoms with Crippen LogP contribution in [0.15, 0.2) is 11.1 Å². The van der Waals surface area contributed by atoms with Crippen molar-refractivity contribution in [3.8, 4) is 0 Å². The minimum absolute atomic E-state index is 0.0494. The van der Waals surface area contributed by atoms with Crippen molar-refractivity contribution in [1.82, 2.24) is 9.97 Å². The molecule has 4 nitrogen and oxygen atoms in total. The molecule has 1 aromatic rings. The lowest BCUT2D eigenvalue weighted by atomic mass is 9.87. The van der Waals surface area contributed by atoms with Gasteiger partial charge in [0.25, 0.3) is 5.56 Å². The molecule has 17 heavy (non-hydrogen) atoms. The third kappa shape index (κ3) is 2.81. The van der Waals surface area contributed by atoms with Gasteiger partial charge < -0.3 is 9.88 Å². The lowest BCUT2D eigenvalue weighted by molar-refractivity contribution is 0.339. The van der Waals surface area contributed by atoms with Gasteiger partial charge in [-0.2, -0.15) is 0 Å². The molecule has 1 aliphatic carbocycles. The van der Waals surface area contributed by atoms with Crippen LogP contribution in [0.1, 0.15) is 32.6 Å². The van der Waals surface area contributed by atoms with E-state index in [0.29, 0.717) is 9.61 Å². The maximum Gasteiger partial charge on any atom is 0.266 e. The Kier molecular flexibility index (Phi) is 4.06. The topological polar surface area (TPSA) is 49.0 Å². The molecule has 0 aromatic carbocycles. The number of nitrogens with zero attached hydrogens (tertiary/aromatic N) is 2. The SMILES string of the molecule is CC1CCC(N(C)c2nc[nH]c(=O)c2I)CC1. The fraction of sp³-hybridized carbons (Fsp3) is 0.667. The van der Waals surface area contributed by atoms with Gasteiger partial charge in [0, 0.05) is 13.1 Å². The first-order chi connectivity index (χ1) is 8.09. The van der Waals surface area contributed by atoms with Crippen molar-refractivity contribution < 1.29 is 0 Å². The van der Waals surface area contributed by atoms with Crippen LogP contribution in [-0.2, 0) is 0 Å². The second-order valence-electron chi connectivity index (χ2n) is 4.89. The summed E-state index contributed by atoms with van der Waals surface area (Å²) < 4.78 is 0.686. The van der Waals surface area contributed by atoms with Crippen molar-refractivity contribution in [1.29, 1.82) is 0 Å².